The first-order valence-electron chi connectivity index (χ1n) is 5.64. The minimum atomic E-state index is -0.215. The van der Waals surface area contributed by atoms with Crippen molar-refractivity contribution in [2.45, 2.75) is 6.42 Å². The van der Waals surface area contributed by atoms with Crippen LogP contribution in [0, 0.1) is 0 Å². The molecule has 0 unspecified atom stereocenters. The summed E-state index contributed by atoms with van der Waals surface area (Å²) in [6.45, 7) is 0. The van der Waals surface area contributed by atoms with Crippen molar-refractivity contribution in [3.8, 4) is 0 Å². The molecule has 18 heavy (non-hydrogen) atoms. The molecule has 3 aromatic rings. The molecule has 0 saturated carbocycles. The summed E-state index contributed by atoms with van der Waals surface area (Å²) in [6.07, 6.45) is 0.733. The van der Waals surface area contributed by atoms with Gasteiger partial charge < -0.3 is 10.7 Å². The topological polar surface area (TPSA) is 87.6 Å². The number of aromatic nitrogens is 3. The second-order valence-corrected chi connectivity index (χ2v) is 4.17. The van der Waals surface area contributed by atoms with Crippen LogP contribution in [0.5, 0.6) is 0 Å². The average Bonchev–Trinajstić information content (AvgIpc) is 2.73. The van der Waals surface area contributed by atoms with E-state index in [9.17, 15) is 4.79 Å². The molecule has 0 bridgehead atoms. The molecule has 0 fully saturated rings. The summed E-state index contributed by atoms with van der Waals surface area (Å²) in [5, 5.41) is 0.537. The maximum absolute atomic E-state index is 11.7. The van der Waals surface area contributed by atoms with Crippen molar-refractivity contribution in [2.24, 2.45) is 0 Å². The smallest absolute Gasteiger partial charge is 0.261 e. The lowest BCUT2D eigenvalue weighted by atomic mass is 10.1. The van der Waals surface area contributed by atoms with Gasteiger partial charge in [-0.2, -0.15) is 4.98 Å². The van der Waals surface area contributed by atoms with Gasteiger partial charge in [-0.3, -0.25) is 9.78 Å². The van der Waals surface area contributed by atoms with E-state index in [1.165, 1.54) is 5.56 Å². The van der Waals surface area contributed by atoms with Gasteiger partial charge in [-0.1, -0.05) is 30.3 Å². The zero-order chi connectivity index (χ0) is 12.5. The maximum atomic E-state index is 11.7. The molecule has 4 N–H and O–H groups in total. The van der Waals surface area contributed by atoms with Crippen LogP contribution < -0.4 is 11.3 Å². The maximum Gasteiger partial charge on any atom is 0.261 e. The van der Waals surface area contributed by atoms with Crippen molar-refractivity contribution < 1.29 is 0 Å². The quantitative estimate of drug-likeness (QED) is 0.633. The van der Waals surface area contributed by atoms with Crippen molar-refractivity contribution in [1.29, 1.82) is 0 Å². The van der Waals surface area contributed by atoms with Crippen LogP contribution in [0.4, 0.5) is 5.95 Å². The highest BCUT2D eigenvalue weighted by Gasteiger charge is 2.07. The lowest BCUT2D eigenvalue weighted by Gasteiger charge is -1.97. The van der Waals surface area contributed by atoms with Gasteiger partial charge >= 0.3 is 0 Å². The fourth-order valence-electron chi connectivity index (χ4n) is 2.00. The first-order chi connectivity index (χ1) is 8.72. The molecule has 5 nitrogen and oxygen atoms in total. The van der Waals surface area contributed by atoms with Crippen LogP contribution in [0.2, 0.25) is 0 Å². The van der Waals surface area contributed by atoms with E-state index in [0.717, 1.165) is 12.1 Å². The Kier molecular flexibility index (Phi) is 2.37. The zero-order valence-electron chi connectivity index (χ0n) is 9.60. The molecular weight excluding hydrogens is 228 g/mol. The molecule has 3 rings (SSSR count). The van der Waals surface area contributed by atoms with Crippen molar-refractivity contribution >= 4 is 17.0 Å². The van der Waals surface area contributed by atoms with Crippen LogP contribution in [0.1, 0.15) is 11.3 Å². The van der Waals surface area contributed by atoms with Crippen LogP contribution in [-0.4, -0.2) is 15.0 Å². The van der Waals surface area contributed by atoms with Gasteiger partial charge in [0.15, 0.2) is 0 Å². The largest absolute Gasteiger partial charge is 0.369 e. The number of hydrogen-bond acceptors (Lipinski definition) is 3. The SMILES string of the molecule is Nc1nc2[nH]c(Cc3ccccc3)cc2c(=O)[nH]1. The first-order valence-corrected chi connectivity index (χ1v) is 5.64. The van der Waals surface area contributed by atoms with Gasteiger partial charge in [0.1, 0.15) is 5.65 Å². The summed E-state index contributed by atoms with van der Waals surface area (Å²) in [4.78, 5) is 21.3. The molecule has 0 radical (unpaired) electrons. The summed E-state index contributed by atoms with van der Waals surface area (Å²) in [6, 6.07) is 11.8. The Morgan fingerprint density at radius 3 is 2.72 bits per heavy atom. The van der Waals surface area contributed by atoms with Gasteiger partial charge in [0.2, 0.25) is 5.95 Å². The van der Waals surface area contributed by atoms with Gasteiger partial charge in [-0.05, 0) is 11.6 Å². The van der Waals surface area contributed by atoms with Gasteiger partial charge in [-0.15, -0.1) is 0 Å². The number of rotatable bonds is 2. The van der Waals surface area contributed by atoms with Crippen molar-refractivity contribution in [1.82, 2.24) is 15.0 Å². The van der Waals surface area contributed by atoms with Crippen molar-refractivity contribution in [3.05, 3.63) is 58.0 Å². The van der Waals surface area contributed by atoms with Crippen molar-refractivity contribution in [2.75, 3.05) is 5.73 Å². The predicted molar refractivity (Wildman–Crippen MR) is 70.4 cm³/mol. The van der Waals surface area contributed by atoms with Crippen LogP contribution in [0.15, 0.2) is 41.2 Å². The lowest BCUT2D eigenvalue weighted by Crippen LogP contribution is -2.09. The molecular formula is C13H12N4O. The number of nitrogens with one attached hydrogen (secondary N) is 2. The van der Waals surface area contributed by atoms with E-state index < -0.39 is 0 Å². The standard InChI is InChI=1S/C13H12N4O/c14-13-16-11-10(12(18)17-13)7-9(15-11)6-8-4-2-1-3-5-8/h1-5,7H,6H2,(H4,14,15,16,17,18). The summed E-state index contributed by atoms with van der Waals surface area (Å²) in [7, 11) is 0. The second kappa shape index (κ2) is 4.03. The van der Waals surface area contributed by atoms with E-state index in [4.69, 9.17) is 5.73 Å². The highest BCUT2D eigenvalue weighted by atomic mass is 16.1. The lowest BCUT2D eigenvalue weighted by molar-refractivity contribution is 1.10. The van der Waals surface area contributed by atoms with E-state index in [0.29, 0.717) is 11.0 Å². The highest BCUT2D eigenvalue weighted by molar-refractivity contribution is 5.76. The monoisotopic (exact) mass is 240 g/mol. The molecule has 0 atom stereocenters. The fourth-order valence-corrected chi connectivity index (χ4v) is 2.00. The molecule has 0 aliphatic heterocycles. The van der Waals surface area contributed by atoms with Crippen LogP contribution in [0.3, 0.4) is 0 Å². The van der Waals surface area contributed by atoms with Gasteiger partial charge in [-0.25, -0.2) is 0 Å². The number of nitrogens with zero attached hydrogens (tertiary/aromatic N) is 1. The minimum absolute atomic E-state index is 0.126. The number of nitrogen functional groups attached to an aromatic ring is 1. The number of benzene rings is 1. The third-order valence-electron chi connectivity index (χ3n) is 2.81. The molecule has 1 aromatic carbocycles. The van der Waals surface area contributed by atoms with E-state index in [2.05, 4.69) is 15.0 Å². The summed E-state index contributed by atoms with van der Waals surface area (Å²) in [5.41, 5.74) is 7.93. The Morgan fingerprint density at radius 2 is 1.94 bits per heavy atom. The average molecular weight is 240 g/mol. The Hall–Kier alpha value is -2.56. The third kappa shape index (κ3) is 1.86. The van der Waals surface area contributed by atoms with Crippen molar-refractivity contribution in [3.63, 3.8) is 0 Å². The highest BCUT2D eigenvalue weighted by Crippen LogP contribution is 2.13. The van der Waals surface area contributed by atoms with Crippen LogP contribution >= 0.6 is 0 Å². The molecule has 2 heterocycles. The van der Waals surface area contributed by atoms with Gasteiger partial charge in [0.25, 0.3) is 5.56 Å². The number of H-pyrrole nitrogens is 2. The second-order valence-electron chi connectivity index (χ2n) is 4.17. The van der Waals surface area contributed by atoms with Gasteiger partial charge in [0, 0.05) is 12.1 Å². The summed E-state index contributed by atoms with van der Waals surface area (Å²) >= 11 is 0. The molecule has 2 aromatic heterocycles. The Bertz CT molecular complexity index is 743. The third-order valence-corrected chi connectivity index (χ3v) is 2.81. The Balaban J connectivity index is 2.04. The van der Waals surface area contributed by atoms with E-state index in [1.807, 2.05) is 36.4 Å². The summed E-state index contributed by atoms with van der Waals surface area (Å²) < 4.78 is 0. The molecule has 5 heteroatoms. The Labute approximate surface area is 103 Å². The number of hydrogen-bond donors (Lipinski definition) is 3. The molecule has 0 aliphatic carbocycles. The predicted octanol–water partition coefficient (Wildman–Crippen LogP) is 1.42. The summed E-state index contributed by atoms with van der Waals surface area (Å²) in [5.74, 6) is 0.126. The molecule has 0 saturated heterocycles. The van der Waals surface area contributed by atoms with Crippen LogP contribution in [0.25, 0.3) is 11.0 Å². The minimum Gasteiger partial charge on any atom is -0.369 e. The number of nitrogens with two attached hydrogens (primary N) is 1. The van der Waals surface area contributed by atoms with E-state index in [-0.39, 0.29) is 11.5 Å². The molecule has 0 amide bonds. The normalized spacial score (nSPS) is 10.9. The van der Waals surface area contributed by atoms with Crippen LogP contribution in [-0.2, 0) is 6.42 Å². The van der Waals surface area contributed by atoms with E-state index >= 15 is 0 Å². The Morgan fingerprint density at radius 1 is 1.17 bits per heavy atom. The number of fused-ring (bicyclic) bond motifs is 1. The zero-order valence-corrected chi connectivity index (χ0v) is 9.60. The molecule has 90 valence electrons. The first kappa shape index (κ1) is 10.6. The molecule has 0 spiro atoms. The fraction of sp³-hybridized carbons (Fsp3) is 0.0769. The number of aromatic amines is 2. The number of anilines is 1. The van der Waals surface area contributed by atoms with Gasteiger partial charge in [0.05, 0.1) is 5.39 Å². The molecule has 0 aliphatic rings. The van der Waals surface area contributed by atoms with E-state index in [1.54, 1.807) is 0 Å².